The van der Waals surface area contributed by atoms with Crippen molar-refractivity contribution in [2.45, 2.75) is 20.3 Å². The van der Waals surface area contributed by atoms with Crippen LogP contribution in [0.5, 0.6) is 0 Å². The van der Waals surface area contributed by atoms with Crippen LogP contribution in [0.15, 0.2) is 27.2 Å². The van der Waals surface area contributed by atoms with Crippen molar-refractivity contribution in [3.05, 3.63) is 52.1 Å². The minimum atomic E-state index is -0.587. The topological polar surface area (TPSA) is 94.1 Å². The first-order chi connectivity index (χ1) is 12.0. The first kappa shape index (κ1) is 17.1. The van der Waals surface area contributed by atoms with Gasteiger partial charge in [-0.05, 0) is 26.0 Å². The van der Waals surface area contributed by atoms with Crippen LogP contribution in [0, 0.1) is 19.7 Å². The molecule has 0 atom stereocenters. The highest BCUT2D eigenvalue weighted by Gasteiger charge is 2.25. The fraction of sp³-hybridized carbons (Fsp3) is 0.250. The Balaban J connectivity index is 1.80. The molecule has 3 aromatic rings. The van der Waals surface area contributed by atoms with Crippen molar-refractivity contribution in [2.24, 2.45) is 0 Å². The number of hydrogen-bond donors (Lipinski definition) is 1. The van der Waals surface area contributed by atoms with Crippen molar-refractivity contribution in [2.75, 3.05) is 6.54 Å². The highest BCUT2D eigenvalue weighted by atomic mass is 35.5. The Labute approximate surface area is 147 Å². The van der Waals surface area contributed by atoms with E-state index in [0.717, 1.165) is 0 Å². The lowest BCUT2D eigenvalue weighted by atomic mass is 10.0. The standard InChI is InChI=1S/C16H14ClFN4O3/c1-8-13(16(23)19-7-6-12-20-9(2)21-25-12)15(22-24-8)14-10(17)4-3-5-11(14)18/h3-5H,6-7H2,1-2H3,(H,19,23). The summed E-state index contributed by atoms with van der Waals surface area (Å²) in [6, 6.07) is 4.23. The third-order valence-corrected chi connectivity index (χ3v) is 3.80. The van der Waals surface area contributed by atoms with Gasteiger partial charge in [0.2, 0.25) is 5.89 Å². The largest absolute Gasteiger partial charge is 0.360 e. The van der Waals surface area contributed by atoms with E-state index in [1.54, 1.807) is 13.8 Å². The van der Waals surface area contributed by atoms with Crippen LogP contribution in [0.4, 0.5) is 4.39 Å². The van der Waals surface area contributed by atoms with Crippen molar-refractivity contribution in [1.82, 2.24) is 20.6 Å². The zero-order valence-corrected chi connectivity index (χ0v) is 14.2. The van der Waals surface area contributed by atoms with E-state index in [4.69, 9.17) is 20.6 Å². The summed E-state index contributed by atoms with van der Waals surface area (Å²) in [5.74, 6) is 0.158. The first-order valence-electron chi connectivity index (χ1n) is 7.45. The lowest BCUT2D eigenvalue weighted by Crippen LogP contribution is -2.26. The second-order valence-electron chi connectivity index (χ2n) is 5.30. The monoisotopic (exact) mass is 364 g/mol. The van der Waals surface area contributed by atoms with Gasteiger partial charge in [0.25, 0.3) is 5.91 Å². The van der Waals surface area contributed by atoms with E-state index in [1.165, 1.54) is 18.2 Å². The maximum Gasteiger partial charge on any atom is 0.257 e. The van der Waals surface area contributed by atoms with Gasteiger partial charge >= 0.3 is 0 Å². The van der Waals surface area contributed by atoms with Crippen molar-refractivity contribution < 1.29 is 18.2 Å². The molecule has 7 nitrogen and oxygen atoms in total. The molecule has 0 fully saturated rings. The molecular formula is C16H14ClFN4O3. The molecule has 1 amide bonds. The normalized spacial score (nSPS) is 10.9. The number of carbonyl (C=O) groups is 1. The first-order valence-corrected chi connectivity index (χ1v) is 7.83. The van der Waals surface area contributed by atoms with Crippen molar-refractivity contribution in [3.63, 3.8) is 0 Å². The van der Waals surface area contributed by atoms with Gasteiger partial charge in [-0.15, -0.1) is 0 Å². The van der Waals surface area contributed by atoms with Crippen molar-refractivity contribution in [3.8, 4) is 11.3 Å². The Morgan fingerprint density at radius 3 is 2.76 bits per heavy atom. The fourth-order valence-electron chi connectivity index (χ4n) is 2.35. The highest BCUT2D eigenvalue weighted by molar-refractivity contribution is 6.33. The van der Waals surface area contributed by atoms with Gasteiger partial charge in [0.15, 0.2) is 5.82 Å². The Bertz CT molecular complexity index is 902. The number of amides is 1. The molecule has 1 aromatic carbocycles. The SMILES string of the molecule is Cc1noc(CCNC(=O)c2c(-c3c(F)cccc3Cl)noc2C)n1. The predicted octanol–water partition coefficient (Wildman–Crippen LogP) is 3.11. The predicted molar refractivity (Wildman–Crippen MR) is 86.7 cm³/mol. The molecule has 0 aliphatic carbocycles. The summed E-state index contributed by atoms with van der Waals surface area (Å²) in [7, 11) is 0. The molecule has 1 N–H and O–H groups in total. The van der Waals surface area contributed by atoms with E-state index in [-0.39, 0.29) is 34.1 Å². The van der Waals surface area contributed by atoms with Crippen LogP contribution in [0.2, 0.25) is 5.02 Å². The van der Waals surface area contributed by atoms with Gasteiger partial charge in [-0.25, -0.2) is 4.39 Å². The number of rotatable bonds is 5. The Hall–Kier alpha value is -2.74. The average molecular weight is 365 g/mol. The molecule has 25 heavy (non-hydrogen) atoms. The van der Waals surface area contributed by atoms with Gasteiger partial charge in [0.1, 0.15) is 22.8 Å². The summed E-state index contributed by atoms with van der Waals surface area (Å²) in [5.41, 5.74) is 0.221. The second-order valence-corrected chi connectivity index (χ2v) is 5.71. The van der Waals surface area contributed by atoms with Gasteiger partial charge < -0.3 is 14.4 Å². The maximum absolute atomic E-state index is 14.1. The summed E-state index contributed by atoms with van der Waals surface area (Å²) >= 11 is 6.06. The Kier molecular flexibility index (Phi) is 4.80. The van der Waals surface area contributed by atoms with Gasteiger partial charge in [-0.2, -0.15) is 4.98 Å². The maximum atomic E-state index is 14.1. The van der Waals surface area contributed by atoms with E-state index in [9.17, 15) is 9.18 Å². The summed E-state index contributed by atoms with van der Waals surface area (Å²) in [6.07, 6.45) is 0.368. The lowest BCUT2D eigenvalue weighted by molar-refractivity contribution is 0.0952. The van der Waals surface area contributed by atoms with E-state index >= 15 is 0 Å². The quantitative estimate of drug-likeness (QED) is 0.747. The summed E-state index contributed by atoms with van der Waals surface area (Å²) in [5, 5.41) is 10.3. The minimum absolute atomic E-state index is 0.0266. The molecule has 0 spiro atoms. The molecule has 0 unspecified atom stereocenters. The van der Waals surface area contributed by atoms with Gasteiger partial charge in [-0.1, -0.05) is 28.0 Å². The number of halogens is 2. The van der Waals surface area contributed by atoms with E-state index < -0.39 is 11.7 Å². The molecule has 130 valence electrons. The average Bonchev–Trinajstić information content (AvgIpc) is 3.13. The number of hydrogen-bond acceptors (Lipinski definition) is 6. The third kappa shape index (κ3) is 3.53. The molecule has 3 rings (SSSR count). The molecular weight excluding hydrogens is 351 g/mol. The van der Waals surface area contributed by atoms with Crippen molar-refractivity contribution >= 4 is 17.5 Å². The molecule has 9 heteroatoms. The van der Waals surface area contributed by atoms with Crippen LogP contribution in [0.1, 0.15) is 27.8 Å². The van der Waals surface area contributed by atoms with Crippen LogP contribution < -0.4 is 5.32 Å². The number of aryl methyl sites for hydroxylation is 2. The Morgan fingerprint density at radius 2 is 2.08 bits per heavy atom. The second kappa shape index (κ2) is 7.02. The van der Waals surface area contributed by atoms with Crippen LogP contribution in [0.3, 0.4) is 0 Å². The van der Waals surface area contributed by atoms with E-state index in [0.29, 0.717) is 18.1 Å². The van der Waals surface area contributed by atoms with Crippen molar-refractivity contribution in [1.29, 1.82) is 0 Å². The fourth-order valence-corrected chi connectivity index (χ4v) is 2.60. The molecule has 0 radical (unpaired) electrons. The molecule has 0 saturated heterocycles. The molecule has 2 aromatic heterocycles. The molecule has 0 saturated carbocycles. The summed E-state index contributed by atoms with van der Waals surface area (Å²) in [4.78, 5) is 16.5. The zero-order chi connectivity index (χ0) is 18.0. The van der Waals surface area contributed by atoms with Crippen LogP contribution in [-0.2, 0) is 6.42 Å². The van der Waals surface area contributed by atoms with E-state index in [2.05, 4.69) is 20.6 Å². The number of carbonyl (C=O) groups excluding carboxylic acids is 1. The van der Waals surface area contributed by atoms with Gasteiger partial charge in [0.05, 0.1) is 10.6 Å². The van der Waals surface area contributed by atoms with Crippen LogP contribution in [0.25, 0.3) is 11.3 Å². The highest BCUT2D eigenvalue weighted by Crippen LogP contribution is 2.33. The lowest BCUT2D eigenvalue weighted by Gasteiger charge is -2.06. The molecule has 2 heterocycles. The molecule has 0 aliphatic rings. The number of benzene rings is 1. The van der Waals surface area contributed by atoms with Crippen LogP contribution in [-0.4, -0.2) is 27.7 Å². The number of nitrogens with zero attached hydrogens (tertiary/aromatic N) is 3. The van der Waals surface area contributed by atoms with E-state index in [1.807, 2.05) is 0 Å². The number of aromatic nitrogens is 3. The Morgan fingerprint density at radius 1 is 1.28 bits per heavy atom. The number of nitrogens with one attached hydrogen (secondary N) is 1. The third-order valence-electron chi connectivity index (χ3n) is 3.48. The van der Waals surface area contributed by atoms with Crippen LogP contribution >= 0.6 is 11.6 Å². The van der Waals surface area contributed by atoms with Gasteiger partial charge in [0, 0.05) is 13.0 Å². The summed E-state index contributed by atoms with van der Waals surface area (Å²) < 4.78 is 24.2. The minimum Gasteiger partial charge on any atom is -0.360 e. The smallest absolute Gasteiger partial charge is 0.257 e. The molecule has 0 aliphatic heterocycles. The molecule has 0 bridgehead atoms. The summed E-state index contributed by atoms with van der Waals surface area (Å²) in [6.45, 7) is 3.54. The van der Waals surface area contributed by atoms with Gasteiger partial charge in [-0.3, -0.25) is 4.79 Å². The zero-order valence-electron chi connectivity index (χ0n) is 13.5.